The summed E-state index contributed by atoms with van der Waals surface area (Å²) < 4.78 is 5.40. The van der Waals surface area contributed by atoms with Gasteiger partial charge in [0.2, 0.25) is 5.91 Å². The van der Waals surface area contributed by atoms with Gasteiger partial charge >= 0.3 is 6.09 Å². The highest BCUT2D eigenvalue weighted by Crippen LogP contribution is 2.34. The maximum absolute atomic E-state index is 12.4. The van der Waals surface area contributed by atoms with E-state index in [0.717, 1.165) is 12.8 Å². The molecule has 3 N–H and O–H groups in total. The third-order valence-electron chi connectivity index (χ3n) is 3.79. The molecule has 0 radical (unpaired) electrons. The first kappa shape index (κ1) is 17.8. The zero-order valence-corrected chi connectivity index (χ0v) is 13.5. The lowest BCUT2D eigenvalue weighted by Gasteiger charge is -2.46. The predicted octanol–water partition coefficient (Wildman–Crippen LogP) is 1.79. The van der Waals surface area contributed by atoms with E-state index >= 15 is 0 Å². The summed E-state index contributed by atoms with van der Waals surface area (Å²) in [6.45, 7) is 7.62. The first-order valence-electron chi connectivity index (χ1n) is 7.61. The number of carbonyl (C=O) groups excluding carboxylic acids is 2. The third-order valence-corrected chi connectivity index (χ3v) is 3.79. The van der Waals surface area contributed by atoms with E-state index in [2.05, 4.69) is 0 Å². The van der Waals surface area contributed by atoms with Crippen LogP contribution in [0.2, 0.25) is 0 Å². The second kappa shape index (κ2) is 6.64. The molecule has 2 unspecified atom stereocenters. The highest BCUT2D eigenvalue weighted by molar-refractivity contribution is 5.89. The smallest absolute Gasteiger partial charge is 0.411 e. The van der Waals surface area contributed by atoms with Crippen LogP contribution < -0.4 is 5.73 Å². The molecule has 1 aliphatic rings. The van der Waals surface area contributed by atoms with Crippen molar-refractivity contribution < 1.29 is 19.4 Å². The number of nitrogens with zero attached hydrogens (tertiary/aromatic N) is 1. The SMILES string of the molecule is CCCCC1(C(N)=O)CC(O)CCN1C(=O)OC(C)(C)C. The van der Waals surface area contributed by atoms with Gasteiger partial charge in [0.25, 0.3) is 0 Å². The number of hydrogen-bond acceptors (Lipinski definition) is 4. The van der Waals surface area contributed by atoms with Crippen LogP contribution >= 0.6 is 0 Å². The second-order valence-electron chi connectivity index (χ2n) is 6.78. The molecule has 0 spiro atoms. The lowest BCUT2D eigenvalue weighted by Crippen LogP contribution is -2.64. The van der Waals surface area contributed by atoms with Crippen molar-refractivity contribution in [3.05, 3.63) is 0 Å². The van der Waals surface area contributed by atoms with E-state index in [9.17, 15) is 14.7 Å². The van der Waals surface area contributed by atoms with Gasteiger partial charge in [-0.05, 0) is 33.6 Å². The Morgan fingerprint density at radius 3 is 2.52 bits per heavy atom. The molecule has 0 aromatic rings. The van der Waals surface area contributed by atoms with Gasteiger partial charge in [-0.25, -0.2) is 4.79 Å². The average molecular weight is 300 g/mol. The van der Waals surface area contributed by atoms with E-state index < -0.39 is 29.2 Å². The third kappa shape index (κ3) is 4.33. The summed E-state index contributed by atoms with van der Waals surface area (Å²) in [7, 11) is 0. The first-order chi connectivity index (χ1) is 9.62. The number of unbranched alkanes of at least 4 members (excludes halogenated alkanes) is 1. The molecule has 0 aliphatic carbocycles. The Balaban J connectivity index is 3.05. The number of amides is 2. The van der Waals surface area contributed by atoms with Gasteiger partial charge in [-0.1, -0.05) is 19.8 Å². The number of aliphatic hydroxyl groups excluding tert-OH is 1. The molecule has 0 aromatic carbocycles. The van der Waals surface area contributed by atoms with Gasteiger partial charge in [0.1, 0.15) is 11.1 Å². The summed E-state index contributed by atoms with van der Waals surface area (Å²) in [5, 5.41) is 9.94. The normalized spacial score (nSPS) is 26.5. The van der Waals surface area contributed by atoms with Gasteiger partial charge in [-0.3, -0.25) is 9.69 Å². The molecule has 6 nitrogen and oxygen atoms in total. The van der Waals surface area contributed by atoms with Gasteiger partial charge in [0, 0.05) is 13.0 Å². The molecule has 6 heteroatoms. The molecule has 122 valence electrons. The summed E-state index contributed by atoms with van der Waals surface area (Å²) in [4.78, 5) is 25.9. The molecule has 1 fully saturated rings. The van der Waals surface area contributed by atoms with Crippen LogP contribution in [-0.4, -0.2) is 45.8 Å². The number of ether oxygens (including phenoxy) is 1. The largest absolute Gasteiger partial charge is 0.444 e. The number of carbonyl (C=O) groups is 2. The fourth-order valence-corrected chi connectivity index (χ4v) is 2.74. The van der Waals surface area contributed by atoms with Crippen LogP contribution in [0.25, 0.3) is 0 Å². The van der Waals surface area contributed by atoms with E-state index in [1.54, 1.807) is 20.8 Å². The summed E-state index contributed by atoms with van der Waals surface area (Å²) in [6, 6.07) is 0. The topological polar surface area (TPSA) is 92.9 Å². The van der Waals surface area contributed by atoms with Gasteiger partial charge in [-0.15, -0.1) is 0 Å². The minimum atomic E-state index is -1.14. The molecule has 0 aromatic heterocycles. The molecule has 21 heavy (non-hydrogen) atoms. The fraction of sp³-hybridized carbons (Fsp3) is 0.867. The highest BCUT2D eigenvalue weighted by atomic mass is 16.6. The van der Waals surface area contributed by atoms with Crippen LogP contribution in [0.4, 0.5) is 4.79 Å². The second-order valence-corrected chi connectivity index (χ2v) is 6.78. The molecule has 1 saturated heterocycles. The maximum atomic E-state index is 12.4. The van der Waals surface area contributed by atoms with Crippen LogP contribution in [0.1, 0.15) is 59.8 Å². The Hall–Kier alpha value is -1.30. The van der Waals surface area contributed by atoms with Crippen molar-refractivity contribution in [2.45, 2.75) is 77.0 Å². The number of nitrogens with two attached hydrogens (primary N) is 1. The van der Waals surface area contributed by atoms with Crippen molar-refractivity contribution in [3.63, 3.8) is 0 Å². The molecule has 1 aliphatic heterocycles. The number of aliphatic hydroxyl groups is 1. The van der Waals surface area contributed by atoms with Crippen LogP contribution in [0.5, 0.6) is 0 Å². The monoisotopic (exact) mass is 300 g/mol. The van der Waals surface area contributed by atoms with Crippen molar-refractivity contribution in [1.82, 2.24) is 4.90 Å². The van der Waals surface area contributed by atoms with E-state index in [1.807, 2.05) is 6.92 Å². The Bertz CT molecular complexity index is 392. The first-order valence-corrected chi connectivity index (χ1v) is 7.61. The molecule has 2 atom stereocenters. The predicted molar refractivity (Wildman–Crippen MR) is 79.6 cm³/mol. The summed E-state index contributed by atoms with van der Waals surface area (Å²) in [6.07, 6.45) is 1.55. The Kier molecular flexibility index (Phi) is 5.61. The van der Waals surface area contributed by atoms with Gasteiger partial charge in [-0.2, -0.15) is 0 Å². The quantitative estimate of drug-likeness (QED) is 0.828. The molecule has 2 amide bonds. The number of piperidine rings is 1. The minimum absolute atomic E-state index is 0.182. The molecule has 1 rings (SSSR count). The van der Waals surface area contributed by atoms with Crippen LogP contribution in [-0.2, 0) is 9.53 Å². The van der Waals surface area contributed by atoms with E-state index in [4.69, 9.17) is 10.5 Å². The molecule has 1 heterocycles. The molecular weight excluding hydrogens is 272 g/mol. The summed E-state index contributed by atoms with van der Waals surface area (Å²) in [5.74, 6) is -0.569. The number of likely N-dealkylation sites (tertiary alicyclic amines) is 1. The van der Waals surface area contributed by atoms with Crippen molar-refractivity contribution in [3.8, 4) is 0 Å². The number of hydrogen-bond donors (Lipinski definition) is 2. The minimum Gasteiger partial charge on any atom is -0.444 e. The fourth-order valence-electron chi connectivity index (χ4n) is 2.74. The Morgan fingerprint density at radius 1 is 1.43 bits per heavy atom. The van der Waals surface area contributed by atoms with E-state index in [-0.39, 0.29) is 13.0 Å². The lowest BCUT2D eigenvalue weighted by molar-refractivity contribution is -0.137. The average Bonchev–Trinajstić information content (AvgIpc) is 2.33. The van der Waals surface area contributed by atoms with E-state index in [0.29, 0.717) is 12.8 Å². The zero-order chi connectivity index (χ0) is 16.3. The van der Waals surface area contributed by atoms with E-state index in [1.165, 1.54) is 4.90 Å². The molecule has 0 bridgehead atoms. The van der Waals surface area contributed by atoms with Crippen molar-refractivity contribution >= 4 is 12.0 Å². The van der Waals surface area contributed by atoms with Gasteiger partial charge in [0.05, 0.1) is 6.10 Å². The zero-order valence-electron chi connectivity index (χ0n) is 13.5. The lowest BCUT2D eigenvalue weighted by atomic mass is 9.80. The Morgan fingerprint density at radius 2 is 2.05 bits per heavy atom. The van der Waals surface area contributed by atoms with Crippen LogP contribution in [0.3, 0.4) is 0 Å². The molecular formula is C15H28N2O4. The van der Waals surface area contributed by atoms with Gasteiger partial charge in [0.15, 0.2) is 0 Å². The maximum Gasteiger partial charge on any atom is 0.411 e. The highest BCUT2D eigenvalue weighted by Gasteiger charge is 2.49. The van der Waals surface area contributed by atoms with Crippen LogP contribution in [0, 0.1) is 0 Å². The van der Waals surface area contributed by atoms with Crippen molar-refractivity contribution in [1.29, 1.82) is 0 Å². The molecule has 0 saturated carbocycles. The van der Waals surface area contributed by atoms with Crippen molar-refractivity contribution in [2.75, 3.05) is 6.54 Å². The standard InChI is InChI=1S/C15H28N2O4/c1-5-6-8-15(12(16)19)10-11(18)7-9-17(15)13(20)21-14(2,3)4/h11,18H,5-10H2,1-4H3,(H2,16,19). The van der Waals surface area contributed by atoms with Crippen LogP contribution in [0.15, 0.2) is 0 Å². The van der Waals surface area contributed by atoms with Gasteiger partial charge < -0.3 is 15.6 Å². The summed E-state index contributed by atoms with van der Waals surface area (Å²) >= 11 is 0. The Labute approximate surface area is 126 Å². The summed E-state index contributed by atoms with van der Waals surface area (Å²) in [5.41, 5.74) is 3.82. The van der Waals surface area contributed by atoms with Crippen molar-refractivity contribution in [2.24, 2.45) is 5.73 Å². The number of rotatable bonds is 4. The number of primary amides is 1.